The Bertz CT molecular complexity index is 420. The van der Waals surface area contributed by atoms with E-state index in [0.29, 0.717) is 6.54 Å². The van der Waals surface area contributed by atoms with Gasteiger partial charge in [0.15, 0.2) is 0 Å². The Kier molecular flexibility index (Phi) is 3.66. The van der Waals surface area contributed by atoms with Crippen LogP contribution in [-0.2, 0) is 6.54 Å². The number of rotatable bonds is 5. The summed E-state index contributed by atoms with van der Waals surface area (Å²) >= 11 is 0. The maximum absolute atomic E-state index is 6.03. The van der Waals surface area contributed by atoms with Gasteiger partial charge < -0.3 is 14.6 Å². The summed E-state index contributed by atoms with van der Waals surface area (Å²) in [5, 5.41) is 0. The smallest absolute Gasteiger partial charge is 0.122 e. The molecule has 2 heterocycles. The molecule has 2 aromatic heterocycles. The fraction of sp³-hybridized carbons (Fsp3) is 0.385. The highest BCUT2D eigenvalue weighted by Gasteiger charge is 2.24. The molecule has 0 fully saturated rings. The van der Waals surface area contributed by atoms with Crippen LogP contribution in [-0.4, -0.2) is 18.0 Å². The van der Waals surface area contributed by atoms with Crippen LogP contribution in [0, 0.1) is 0 Å². The van der Waals surface area contributed by atoms with Crippen LogP contribution in [0.25, 0.3) is 0 Å². The van der Waals surface area contributed by atoms with E-state index in [9.17, 15) is 0 Å². The third-order valence-electron chi connectivity index (χ3n) is 2.79. The SMILES string of the molecule is CC(N)C(c1ccco1)N(C)Cc1ccco1. The standard InChI is InChI=1S/C13H18N2O2/c1-10(14)13(12-6-4-8-17-12)15(2)9-11-5-3-7-16-11/h3-8,10,13H,9,14H2,1-2H3. The second-order valence-corrected chi connectivity index (χ2v) is 4.31. The summed E-state index contributed by atoms with van der Waals surface area (Å²) in [6.07, 6.45) is 3.35. The van der Waals surface area contributed by atoms with Crippen LogP contribution in [0.2, 0.25) is 0 Å². The van der Waals surface area contributed by atoms with E-state index >= 15 is 0 Å². The zero-order chi connectivity index (χ0) is 12.3. The molecule has 92 valence electrons. The Morgan fingerprint density at radius 1 is 1.24 bits per heavy atom. The molecule has 0 spiro atoms. The van der Waals surface area contributed by atoms with Crippen molar-refractivity contribution >= 4 is 0 Å². The molecule has 2 unspecified atom stereocenters. The summed E-state index contributed by atoms with van der Waals surface area (Å²) in [4.78, 5) is 2.13. The molecule has 0 aliphatic carbocycles. The van der Waals surface area contributed by atoms with Gasteiger partial charge in [-0.15, -0.1) is 0 Å². The van der Waals surface area contributed by atoms with Gasteiger partial charge in [0, 0.05) is 6.04 Å². The van der Waals surface area contributed by atoms with Crippen molar-refractivity contribution in [3.8, 4) is 0 Å². The molecular weight excluding hydrogens is 216 g/mol. The fourth-order valence-corrected chi connectivity index (χ4v) is 2.08. The van der Waals surface area contributed by atoms with E-state index in [1.807, 2.05) is 38.2 Å². The minimum atomic E-state index is -0.0129. The van der Waals surface area contributed by atoms with E-state index in [-0.39, 0.29) is 12.1 Å². The van der Waals surface area contributed by atoms with Crippen molar-refractivity contribution in [3.05, 3.63) is 48.3 Å². The van der Waals surface area contributed by atoms with Crippen molar-refractivity contribution in [2.24, 2.45) is 5.73 Å². The minimum absolute atomic E-state index is 0.0129. The molecule has 0 aliphatic heterocycles. The molecular formula is C13H18N2O2. The fourth-order valence-electron chi connectivity index (χ4n) is 2.08. The quantitative estimate of drug-likeness (QED) is 0.863. The van der Waals surface area contributed by atoms with Gasteiger partial charge in [-0.3, -0.25) is 4.90 Å². The van der Waals surface area contributed by atoms with Crippen molar-refractivity contribution in [2.45, 2.75) is 25.6 Å². The predicted octanol–water partition coefficient (Wildman–Crippen LogP) is 2.39. The second-order valence-electron chi connectivity index (χ2n) is 4.31. The Balaban J connectivity index is 2.11. The summed E-state index contributed by atoms with van der Waals surface area (Å²) in [5.41, 5.74) is 6.03. The molecule has 17 heavy (non-hydrogen) atoms. The molecule has 0 bridgehead atoms. The summed E-state index contributed by atoms with van der Waals surface area (Å²) in [6, 6.07) is 7.71. The summed E-state index contributed by atoms with van der Waals surface area (Å²) < 4.78 is 10.8. The lowest BCUT2D eigenvalue weighted by molar-refractivity contribution is 0.172. The first-order chi connectivity index (χ1) is 8.18. The summed E-state index contributed by atoms with van der Waals surface area (Å²) in [5.74, 6) is 1.80. The van der Waals surface area contributed by atoms with Gasteiger partial charge >= 0.3 is 0 Å². The summed E-state index contributed by atoms with van der Waals surface area (Å²) in [6.45, 7) is 2.69. The highest BCUT2D eigenvalue weighted by molar-refractivity contribution is 5.08. The normalized spacial score (nSPS) is 15.1. The van der Waals surface area contributed by atoms with Gasteiger partial charge in [-0.25, -0.2) is 0 Å². The molecule has 0 aliphatic rings. The molecule has 4 nitrogen and oxygen atoms in total. The predicted molar refractivity (Wildman–Crippen MR) is 65.3 cm³/mol. The van der Waals surface area contributed by atoms with Crippen molar-refractivity contribution in [3.63, 3.8) is 0 Å². The molecule has 4 heteroatoms. The molecule has 0 aromatic carbocycles. The lowest BCUT2D eigenvalue weighted by Crippen LogP contribution is -2.36. The van der Waals surface area contributed by atoms with Crippen molar-refractivity contribution < 1.29 is 8.83 Å². The van der Waals surface area contributed by atoms with Gasteiger partial charge in [-0.05, 0) is 38.2 Å². The number of furan rings is 2. The molecule has 2 atom stereocenters. The van der Waals surface area contributed by atoms with Gasteiger partial charge in [-0.2, -0.15) is 0 Å². The van der Waals surface area contributed by atoms with Crippen LogP contribution in [0.5, 0.6) is 0 Å². The third-order valence-corrected chi connectivity index (χ3v) is 2.79. The Morgan fingerprint density at radius 3 is 2.47 bits per heavy atom. The van der Waals surface area contributed by atoms with E-state index < -0.39 is 0 Å². The zero-order valence-corrected chi connectivity index (χ0v) is 10.2. The van der Waals surface area contributed by atoms with E-state index in [4.69, 9.17) is 14.6 Å². The number of hydrogen-bond acceptors (Lipinski definition) is 4. The molecule has 0 saturated heterocycles. The molecule has 2 N–H and O–H groups in total. The Labute approximate surface area is 101 Å². The number of likely N-dealkylation sites (N-methyl/N-ethyl adjacent to an activating group) is 1. The van der Waals surface area contributed by atoms with E-state index in [1.54, 1.807) is 12.5 Å². The van der Waals surface area contributed by atoms with Crippen molar-refractivity contribution in [1.82, 2.24) is 4.90 Å². The van der Waals surface area contributed by atoms with Crippen LogP contribution in [0.1, 0.15) is 24.5 Å². The maximum Gasteiger partial charge on any atom is 0.122 e. The molecule has 2 rings (SSSR count). The molecule has 0 saturated carbocycles. The van der Waals surface area contributed by atoms with Crippen LogP contribution in [0.3, 0.4) is 0 Å². The average molecular weight is 234 g/mol. The largest absolute Gasteiger partial charge is 0.468 e. The van der Waals surface area contributed by atoms with E-state index in [0.717, 1.165) is 11.5 Å². The Morgan fingerprint density at radius 2 is 1.94 bits per heavy atom. The van der Waals surface area contributed by atoms with Crippen LogP contribution < -0.4 is 5.73 Å². The van der Waals surface area contributed by atoms with Crippen LogP contribution in [0.15, 0.2) is 45.6 Å². The third kappa shape index (κ3) is 2.78. The van der Waals surface area contributed by atoms with Gasteiger partial charge in [0.05, 0.1) is 25.1 Å². The number of nitrogens with zero attached hydrogens (tertiary/aromatic N) is 1. The van der Waals surface area contributed by atoms with Gasteiger partial charge in [0.2, 0.25) is 0 Å². The highest BCUT2D eigenvalue weighted by atomic mass is 16.3. The topological polar surface area (TPSA) is 55.5 Å². The second kappa shape index (κ2) is 5.21. The van der Waals surface area contributed by atoms with Gasteiger partial charge in [0.1, 0.15) is 11.5 Å². The summed E-state index contributed by atoms with van der Waals surface area (Å²) in [7, 11) is 2.01. The average Bonchev–Trinajstić information content (AvgIpc) is 2.89. The molecule has 2 aromatic rings. The first kappa shape index (κ1) is 12.0. The van der Waals surface area contributed by atoms with E-state index in [2.05, 4.69) is 4.90 Å². The van der Waals surface area contributed by atoms with Crippen LogP contribution >= 0.6 is 0 Å². The molecule has 0 amide bonds. The monoisotopic (exact) mass is 234 g/mol. The first-order valence-electron chi connectivity index (χ1n) is 5.70. The number of hydrogen-bond donors (Lipinski definition) is 1. The minimum Gasteiger partial charge on any atom is -0.468 e. The zero-order valence-electron chi connectivity index (χ0n) is 10.2. The van der Waals surface area contributed by atoms with Gasteiger partial charge in [0.25, 0.3) is 0 Å². The van der Waals surface area contributed by atoms with E-state index in [1.165, 1.54) is 0 Å². The maximum atomic E-state index is 6.03. The number of nitrogens with two attached hydrogens (primary N) is 1. The van der Waals surface area contributed by atoms with Crippen LogP contribution in [0.4, 0.5) is 0 Å². The van der Waals surface area contributed by atoms with Crippen molar-refractivity contribution in [2.75, 3.05) is 7.05 Å². The molecule has 0 radical (unpaired) electrons. The van der Waals surface area contributed by atoms with Gasteiger partial charge in [-0.1, -0.05) is 0 Å². The highest BCUT2D eigenvalue weighted by Crippen LogP contribution is 2.24. The first-order valence-corrected chi connectivity index (χ1v) is 5.70. The van der Waals surface area contributed by atoms with Crippen molar-refractivity contribution in [1.29, 1.82) is 0 Å². The lowest BCUT2D eigenvalue weighted by Gasteiger charge is -2.28. The Hall–Kier alpha value is -1.52. The lowest BCUT2D eigenvalue weighted by atomic mass is 10.1.